The van der Waals surface area contributed by atoms with Crippen molar-refractivity contribution >= 4 is 50.8 Å². The molecule has 0 aliphatic carbocycles. The zero-order chi connectivity index (χ0) is 21.7. The first-order chi connectivity index (χ1) is 14.2. The van der Waals surface area contributed by atoms with Crippen LogP contribution in [-0.4, -0.2) is 29.8 Å². The van der Waals surface area contributed by atoms with Crippen molar-refractivity contribution in [2.45, 2.75) is 28.9 Å². The predicted molar refractivity (Wildman–Crippen MR) is 119 cm³/mol. The minimum atomic E-state index is -3.84. The highest BCUT2D eigenvalue weighted by Crippen LogP contribution is 2.25. The minimum Gasteiger partial charge on any atom is -0.325 e. The molecule has 1 unspecified atom stereocenters. The number of thioether (sulfide) groups is 1. The van der Waals surface area contributed by atoms with E-state index in [1.807, 2.05) is 38.1 Å². The van der Waals surface area contributed by atoms with Gasteiger partial charge >= 0.3 is 0 Å². The molecule has 3 rings (SSSR count). The number of aromatic nitrogens is 2. The molecule has 0 fully saturated rings. The fourth-order valence-corrected chi connectivity index (χ4v) is 4.37. The third-order valence-corrected chi connectivity index (χ3v) is 6.69. The molecule has 0 radical (unpaired) electrons. The molecule has 10 heteroatoms. The molecule has 3 aromatic rings. The molecule has 2 aromatic carbocycles. The highest BCUT2D eigenvalue weighted by Gasteiger charge is 2.17. The molecule has 2 N–H and O–H groups in total. The normalized spacial score (nSPS) is 12.2. The maximum absolute atomic E-state index is 12.5. The van der Waals surface area contributed by atoms with Crippen LogP contribution in [0.5, 0.6) is 0 Å². The number of carbonyl (C=O) groups is 1. The Labute approximate surface area is 184 Å². The molecule has 0 aliphatic rings. The van der Waals surface area contributed by atoms with Crippen LogP contribution >= 0.6 is 23.4 Å². The van der Waals surface area contributed by atoms with E-state index in [2.05, 4.69) is 20.2 Å². The van der Waals surface area contributed by atoms with E-state index in [1.54, 1.807) is 0 Å². The maximum Gasteiger partial charge on any atom is 0.263 e. The summed E-state index contributed by atoms with van der Waals surface area (Å²) in [4.78, 5) is 13.5. The summed E-state index contributed by atoms with van der Waals surface area (Å²) < 4.78 is 27.2. The smallest absolute Gasteiger partial charge is 0.263 e. The van der Waals surface area contributed by atoms with Crippen LogP contribution in [-0.2, 0) is 14.8 Å². The Morgan fingerprint density at radius 1 is 1.00 bits per heavy atom. The van der Waals surface area contributed by atoms with Gasteiger partial charge in [0.1, 0.15) is 0 Å². The van der Waals surface area contributed by atoms with Crippen molar-refractivity contribution in [2.24, 2.45) is 0 Å². The third-order valence-electron chi connectivity index (χ3n) is 4.01. The molecular formula is C20H19ClN4O3S2. The lowest BCUT2D eigenvalue weighted by Gasteiger charge is -2.13. The lowest BCUT2D eigenvalue weighted by Crippen LogP contribution is -2.22. The van der Waals surface area contributed by atoms with Gasteiger partial charge in [-0.05, 0) is 62.4 Å². The summed E-state index contributed by atoms with van der Waals surface area (Å²) in [5.74, 6) is -0.121. The van der Waals surface area contributed by atoms with E-state index < -0.39 is 10.0 Å². The van der Waals surface area contributed by atoms with Gasteiger partial charge in [-0.2, -0.15) is 0 Å². The summed E-state index contributed by atoms with van der Waals surface area (Å²) in [5.41, 5.74) is 1.66. The molecule has 0 saturated heterocycles. The first-order valence-corrected chi connectivity index (χ1v) is 11.6. The van der Waals surface area contributed by atoms with Gasteiger partial charge in [0.15, 0.2) is 11.0 Å². The van der Waals surface area contributed by atoms with Crippen LogP contribution in [0.3, 0.4) is 0 Å². The Morgan fingerprint density at radius 3 is 2.27 bits per heavy atom. The van der Waals surface area contributed by atoms with E-state index in [1.165, 1.54) is 48.2 Å². The fourth-order valence-electron chi connectivity index (χ4n) is 2.40. The van der Waals surface area contributed by atoms with E-state index in [0.717, 1.165) is 10.5 Å². The molecule has 156 valence electrons. The van der Waals surface area contributed by atoms with Crippen molar-refractivity contribution in [3.8, 4) is 0 Å². The van der Waals surface area contributed by atoms with E-state index in [0.29, 0.717) is 5.69 Å². The van der Waals surface area contributed by atoms with Gasteiger partial charge < -0.3 is 5.32 Å². The van der Waals surface area contributed by atoms with E-state index in [-0.39, 0.29) is 27.0 Å². The van der Waals surface area contributed by atoms with Crippen molar-refractivity contribution in [1.29, 1.82) is 0 Å². The lowest BCUT2D eigenvalue weighted by atomic mass is 10.2. The zero-order valence-electron chi connectivity index (χ0n) is 16.2. The van der Waals surface area contributed by atoms with Gasteiger partial charge in [-0.3, -0.25) is 9.52 Å². The van der Waals surface area contributed by atoms with Crippen molar-refractivity contribution in [3.05, 3.63) is 71.4 Å². The van der Waals surface area contributed by atoms with Gasteiger partial charge in [-0.15, -0.1) is 22.0 Å². The van der Waals surface area contributed by atoms with Crippen LogP contribution in [0.1, 0.15) is 12.5 Å². The van der Waals surface area contributed by atoms with E-state index in [9.17, 15) is 13.2 Å². The Balaban J connectivity index is 1.62. The second-order valence-corrected chi connectivity index (χ2v) is 9.92. The molecule has 0 saturated carbocycles. The number of carbonyl (C=O) groups excluding carboxylic acids is 1. The number of benzene rings is 2. The van der Waals surface area contributed by atoms with Gasteiger partial charge in [-0.1, -0.05) is 29.3 Å². The van der Waals surface area contributed by atoms with Crippen LogP contribution in [0.4, 0.5) is 11.5 Å². The average Bonchev–Trinajstić information content (AvgIpc) is 2.71. The summed E-state index contributed by atoms with van der Waals surface area (Å²) in [6.07, 6.45) is 0. The monoisotopic (exact) mass is 462 g/mol. The van der Waals surface area contributed by atoms with Gasteiger partial charge in [0.2, 0.25) is 5.91 Å². The molecule has 0 spiro atoms. The number of hydrogen-bond acceptors (Lipinski definition) is 6. The highest BCUT2D eigenvalue weighted by atomic mass is 35.5. The number of rotatable bonds is 7. The number of hydrogen-bond donors (Lipinski definition) is 2. The first kappa shape index (κ1) is 22.1. The number of nitrogens with zero attached hydrogens (tertiary/aromatic N) is 2. The molecule has 30 heavy (non-hydrogen) atoms. The molecular weight excluding hydrogens is 444 g/mol. The van der Waals surface area contributed by atoms with Crippen molar-refractivity contribution in [2.75, 3.05) is 10.0 Å². The topological polar surface area (TPSA) is 101 Å². The second kappa shape index (κ2) is 9.46. The Morgan fingerprint density at radius 2 is 1.67 bits per heavy atom. The van der Waals surface area contributed by atoms with Crippen LogP contribution in [0.2, 0.25) is 5.15 Å². The van der Waals surface area contributed by atoms with Gasteiger partial charge in [0.05, 0.1) is 10.1 Å². The number of anilines is 2. The molecule has 1 amide bonds. The fraction of sp³-hybridized carbons (Fsp3) is 0.150. The van der Waals surface area contributed by atoms with E-state index in [4.69, 9.17) is 11.6 Å². The van der Waals surface area contributed by atoms with Gasteiger partial charge in [0, 0.05) is 10.6 Å². The number of sulfonamides is 1. The highest BCUT2D eigenvalue weighted by molar-refractivity contribution is 8.00. The largest absolute Gasteiger partial charge is 0.325 e. The second-order valence-electron chi connectivity index (χ2n) is 6.43. The Hall–Kier alpha value is -2.62. The Bertz CT molecular complexity index is 1120. The molecule has 1 atom stereocenters. The molecule has 1 aromatic heterocycles. The number of aryl methyl sites for hydroxylation is 1. The van der Waals surface area contributed by atoms with Crippen LogP contribution in [0, 0.1) is 6.92 Å². The number of amides is 1. The quantitative estimate of drug-likeness (QED) is 0.506. The summed E-state index contributed by atoms with van der Waals surface area (Å²) in [5, 5.41) is 9.90. The van der Waals surface area contributed by atoms with Crippen molar-refractivity contribution in [1.82, 2.24) is 10.2 Å². The molecule has 0 bridgehead atoms. The summed E-state index contributed by atoms with van der Waals surface area (Å²) in [7, 11) is -3.84. The first-order valence-electron chi connectivity index (χ1n) is 8.89. The van der Waals surface area contributed by atoms with Crippen molar-refractivity contribution < 1.29 is 13.2 Å². The van der Waals surface area contributed by atoms with Gasteiger partial charge in [-0.25, -0.2) is 8.42 Å². The van der Waals surface area contributed by atoms with Gasteiger partial charge in [0.25, 0.3) is 10.0 Å². The molecule has 1 heterocycles. The Kier molecular flexibility index (Phi) is 6.96. The van der Waals surface area contributed by atoms with Crippen LogP contribution < -0.4 is 10.0 Å². The number of nitrogens with one attached hydrogen (secondary N) is 2. The lowest BCUT2D eigenvalue weighted by molar-refractivity contribution is -0.115. The molecule has 7 nitrogen and oxygen atoms in total. The van der Waals surface area contributed by atoms with E-state index >= 15 is 0 Å². The van der Waals surface area contributed by atoms with Crippen LogP contribution in [0.25, 0.3) is 0 Å². The third kappa shape index (κ3) is 5.94. The van der Waals surface area contributed by atoms with Crippen molar-refractivity contribution in [3.63, 3.8) is 0 Å². The summed E-state index contributed by atoms with van der Waals surface area (Å²) >= 11 is 7.09. The predicted octanol–water partition coefficient (Wildman–Crippen LogP) is 4.36. The van der Waals surface area contributed by atoms with Crippen LogP contribution in [0.15, 0.2) is 70.5 Å². The average molecular weight is 463 g/mol. The SMILES string of the molecule is Cc1ccc(SC(C)C(=O)Nc2ccc(S(=O)(=O)Nc3ccc(Cl)nn3)cc2)cc1. The summed E-state index contributed by atoms with van der Waals surface area (Å²) in [6, 6.07) is 16.6. The maximum atomic E-state index is 12.5. The molecule has 0 aliphatic heterocycles. The number of halogens is 1. The summed E-state index contributed by atoms with van der Waals surface area (Å²) in [6.45, 7) is 3.82. The standard InChI is InChI=1S/C20H19ClN4O3S2/c1-13-3-7-16(8-4-13)29-14(2)20(26)22-15-5-9-17(10-6-15)30(27,28)25-19-12-11-18(21)23-24-19/h3-12,14H,1-2H3,(H,22,26)(H,24,25). The minimum absolute atomic E-state index is 0.0272. The zero-order valence-corrected chi connectivity index (χ0v) is 18.6.